The van der Waals surface area contributed by atoms with Crippen LogP contribution in [0.4, 0.5) is 17.6 Å². The molecule has 1 aromatic heterocycles. The standard InChI is InChI=1S/C12H20N6/c1-7-10(13)16-12(14)17-11(7)18-5-8-3-2-4-15-9(8)6-18/h8-9,15H,2-6H2,1H3,(H4,13,14,16,17). The molecule has 6 heteroatoms. The molecule has 3 rings (SSSR count). The largest absolute Gasteiger partial charge is 0.383 e. The molecule has 2 aliphatic heterocycles. The van der Waals surface area contributed by atoms with E-state index < -0.39 is 0 Å². The molecule has 1 aromatic rings. The predicted octanol–water partition coefficient (Wildman–Crippen LogP) is 0.138. The number of piperidine rings is 1. The molecule has 18 heavy (non-hydrogen) atoms. The lowest BCUT2D eigenvalue weighted by Crippen LogP contribution is -2.40. The van der Waals surface area contributed by atoms with Crippen LogP contribution in [-0.2, 0) is 0 Å². The fourth-order valence-corrected chi connectivity index (χ4v) is 3.07. The number of nitrogens with zero attached hydrogens (tertiary/aromatic N) is 3. The normalized spacial score (nSPS) is 27.3. The monoisotopic (exact) mass is 248 g/mol. The summed E-state index contributed by atoms with van der Waals surface area (Å²) in [7, 11) is 0. The second kappa shape index (κ2) is 4.28. The first-order chi connectivity index (χ1) is 8.65. The van der Waals surface area contributed by atoms with Crippen molar-refractivity contribution in [3.63, 3.8) is 0 Å². The van der Waals surface area contributed by atoms with Gasteiger partial charge in [-0.1, -0.05) is 0 Å². The Hall–Kier alpha value is -1.56. The Morgan fingerprint density at radius 2 is 2.11 bits per heavy atom. The lowest BCUT2D eigenvalue weighted by molar-refractivity contribution is 0.340. The number of aromatic nitrogens is 2. The van der Waals surface area contributed by atoms with Crippen LogP contribution in [0, 0.1) is 12.8 Å². The minimum absolute atomic E-state index is 0.260. The van der Waals surface area contributed by atoms with Gasteiger partial charge in [0.05, 0.1) is 0 Å². The Bertz CT molecular complexity index is 446. The van der Waals surface area contributed by atoms with Gasteiger partial charge in [0.25, 0.3) is 0 Å². The van der Waals surface area contributed by atoms with Crippen molar-refractivity contribution >= 4 is 17.6 Å². The molecule has 2 atom stereocenters. The van der Waals surface area contributed by atoms with Gasteiger partial charge in [-0.25, -0.2) is 0 Å². The SMILES string of the molecule is Cc1c(N)nc(N)nc1N1CC2CCCNC2C1. The third kappa shape index (κ3) is 1.86. The van der Waals surface area contributed by atoms with Gasteiger partial charge in [0, 0.05) is 24.7 Å². The Balaban J connectivity index is 1.88. The minimum atomic E-state index is 0.260. The molecule has 98 valence electrons. The summed E-state index contributed by atoms with van der Waals surface area (Å²) in [6.07, 6.45) is 2.56. The molecule has 2 unspecified atom stereocenters. The molecular formula is C12H20N6. The lowest BCUT2D eigenvalue weighted by atomic mass is 9.94. The van der Waals surface area contributed by atoms with Crippen LogP contribution in [0.2, 0.25) is 0 Å². The molecule has 0 spiro atoms. The van der Waals surface area contributed by atoms with Crippen molar-refractivity contribution in [1.29, 1.82) is 0 Å². The van der Waals surface area contributed by atoms with E-state index >= 15 is 0 Å². The van der Waals surface area contributed by atoms with Gasteiger partial charge in [0.2, 0.25) is 5.95 Å². The number of nitrogens with two attached hydrogens (primary N) is 2. The highest BCUT2D eigenvalue weighted by Gasteiger charge is 2.35. The first-order valence-electron chi connectivity index (χ1n) is 6.53. The summed E-state index contributed by atoms with van der Waals surface area (Å²) in [4.78, 5) is 10.6. The van der Waals surface area contributed by atoms with Crippen LogP contribution in [0.3, 0.4) is 0 Å². The number of hydrogen-bond acceptors (Lipinski definition) is 6. The maximum absolute atomic E-state index is 5.86. The molecule has 0 aromatic carbocycles. The van der Waals surface area contributed by atoms with E-state index in [2.05, 4.69) is 20.2 Å². The van der Waals surface area contributed by atoms with Crippen molar-refractivity contribution < 1.29 is 0 Å². The van der Waals surface area contributed by atoms with Crippen molar-refractivity contribution in [2.45, 2.75) is 25.8 Å². The van der Waals surface area contributed by atoms with Gasteiger partial charge in [-0.05, 0) is 32.2 Å². The van der Waals surface area contributed by atoms with Crippen LogP contribution in [0.15, 0.2) is 0 Å². The van der Waals surface area contributed by atoms with Crippen LogP contribution in [0.5, 0.6) is 0 Å². The predicted molar refractivity (Wildman–Crippen MR) is 72.3 cm³/mol. The number of nitrogens with one attached hydrogen (secondary N) is 1. The Kier molecular flexibility index (Phi) is 2.74. The fraction of sp³-hybridized carbons (Fsp3) is 0.667. The fourth-order valence-electron chi connectivity index (χ4n) is 3.07. The summed E-state index contributed by atoms with van der Waals surface area (Å²) in [5.41, 5.74) is 12.5. The van der Waals surface area contributed by atoms with Gasteiger partial charge in [-0.15, -0.1) is 0 Å². The van der Waals surface area contributed by atoms with Crippen LogP contribution in [0.25, 0.3) is 0 Å². The van der Waals surface area contributed by atoms with Crippen LogP contribution >= 0.6 is 0 Å². The first-order valence-corrected chi connectivity index (χ1v) is 6.53. The molecule has 0 saturated carbocycles. The molecule has 0 amide bonds. The maximum Gasteiger partial charge on any atom is 0.223 e. The molecule has 0 radical (unpaired) electrons. The topological polar surface area (TPSA) is 93.1 Å². The molecule has 2 aliphatic rings. The number of hydrogen-bond donors (Lipinski definition) is 3. The Labute approximate surface area is 107 Å². The molecule has 2 saturated heterocycles. The van der Waals surface area contributed by atoms with Crippen LogP contribution in [0.1, 0.15) is 18.4 Å². The van der Waals surface area contributed by atoms with Crippen molar-refractivity contribution in [3.8, 4) is 0 Å². The Morgan fingerprint density at radius 3 is 2.89 bits per heavy atom. The molecule has 0 aliphatic carbocycles. The number of fused-ring (bicyclic) bond motifs is 1. The van der Waals surface area contributed by atoms with Gasteiger partial charge >= 0.3 is 0 Å². The first kappa shape index (κ1) is 11.5. The summed E-state index contributed by atoms with van der Waals surface area (Å²) >= 11 is 0. The average molecular weight is 248 g/mol. The highest BCUT2D eigenvalue weighted by molar-refractivity contribution is 5.59. The van der Waals surface area contributed by atoms with Crippen LogP contribution in [-0.4, -0.2) is 35.6 Å². The van der Waals surface area contributed by atoms with Crippen molar-refractivity contribution in [2.24, 2.45) is 5.92 Å². The van der Waals surface area contributed by atoms with Crippen molar-refractivity contribution in [1.82, 2.24) is 15.3 Å². The highest BCUT2D eigenvalue weighted by atomic mass is 15.3. The van der Waals surface area contributed by atoms with Gasteiger partial charge < -0.3 is 21.7 Å². The zero-order valence-corrected chi connectivity index (χ0v) is 10.7. The van der Waals surface area contributed by atoms with Gasteiger partial charge in [-0.3, -0.25) is 0 Å². The summed E-state index contributed by atoms with van der Waals surface area (Å²) in [5, 5.41) is 3.58. The van der Waals surface area contributed by atoms with Crippen molar-refractivity contribution in [3.05, 3.63) is 5.56 Å². The zero-order chi connectivity index (χ0) is 12.7. The summed E-state index contributed by atoms with van der Waals surface area (Å²) in [6, 6.07) is 0.579. The zero-order valence-electron chi connectivity index (χ0n) is 10.7. The van der Waals surface area contributed by atoms with E-state index in [-0.39, 0.29) is 5.95 Å². The molecule has 3 heterocycles. The van der Waals surface area contributed by atoms with E-state index in [1.807, 2.05) is 6.92 Å². The smallest absolute Gasteiger partial charge is 0.223 e. The summed E-state index contributed by atoms with van der Waals surface area (Å²) in [5.74, 6) is 2.36. The molecule has 2 fully saturated rings. The molecule has 5 N–H and O–H groups in total. The second-order valence-electron chi connectivity index (χ2n) is 5.28. The number of anilines is 3. The average Bonchev–Trinajstić information content (AvgIpc) is 2.77. The third-order valence-corrected chi connectivity index (χ3v) is 4.07. The number of rotatable bonds is 1. The van der Waals surface area contributed by atoms with E-state index in [9.17, 15) is 0 Å². The van der Waals surface area contributed by atoms with Gasteiger partial charge in [0.1, 0.15) is 11.6 Å². The van der Waals surface area contributed by atoms with Gasteiger partial charge in [0.15, 0.2) is 0 Å². The highest BCUT2D eigenvalue weighted by Crippen LogP contribution is 2.31. The molecule has 0 bridgehead atoms. The quantitative estimate of drug-likeness (QED) is 0.654. The summed E-state index contributed by atoms with van der Waals surface area (Å²) in [6.45, 7) is 5.11. The number of nitrogen functional groups attached to an aromatic ring is 2. The van der Waals surface area contributed by atoms with E-state index in [0.717, 1.165) is 36.9 Å². The lowest BCUT2D eigenvalue weighted by Gasteiger charge is -2.24. The van der Waals surface area contributed by atoms with Crippen LogP contribution < -0.4 is 21.7 Å². The van der Waals surface area contributed by atoms with Gasteiger partial charge in [-0.2, -0.15) is 9.97 Å². The third-order valence-electron chi connectivity index (χ3n) is 4.07. The summed E-state index contributed by atoms with van der Waals surface area (Å²) < 4.78 is 0. The van der Waals surface area contributed by atoms with Crippen molar-refractivity contribution in [2.75, 3.05) is 36.0 Å². The van der Waals surface area contributed by atoms with E-state index in [0.29, 0.717) is 11.9 Å². The second-order valence-corrected chi connectivity index (χ2v) is 5.28. The maximum atomic E-state index is 5.86. The minimum Gasteiger partial charge on any atom is -0.383 e. The molecular weight excluding hydrogens is 228 g/mol. The molecule has 6 nitrogen and oxygen atoms in total. The Morgan fingerprint density at radius 1 is 1.28 bits per heavy atom. The van der Waals surface area contributed by atoms with E-state index in [4.69, 9.17) is 11.5 Å². The van der Waals surface area contributed by atoms with E-state index in [1.165, 1.54) is 12.8 Å². The van der Waals surface area contributed by atoms with E-state index in [1.54, 1.807) is 0 Å².